The Labute approximate surface area is 171 Å². The Kier molecular flexibility index (Phi) is 5.25. The molecule has 1 aliphatic heterocycles. The fraction of sp³-hybridized carbons (Fsp3) is 0.143. The lowest BCUT2D eigenvalue weighted by atomic mass is 10.1. The minimum atomic E-state index is -0.888. The Hall–Kier alpha value is -4.01. The van der Waals surface area contributed by atoms with Gasteiger partial charge in [-0.15, -0.1) is 0 Å². The average molecular weight is 407 g/mol. The third-order valence-electron chi connectivity index (χ3n) is 4.65. The SMILES string of the molecule is O=C(C[C@H]1NC(=O)NC1=O)NCc1cn(-c2ccccc2)nc1-c1ccc(F)cc1. The number of hydrogen-bond acceptors (Lipinski definition) is 4. The van der Waals surface area contributed by atoms with E-state index >= 15 is 0 Å². The number of carbonyl (C=O) groups is 3. The number of carbonyl (C=O) groups excluding carboxylic acids is 3. The van der Waals surface area contributed by atoms with Crippen LogP contribution in [0.5, 0.6) is 0 Å². The van der Waals surface area contributed by atoms with Crippen LogP contribution in [0.1, 0.15) is 12.0 Å². The van der Waals surface area contributed by atoms with E-state index in [-0.39, 0.29) is 18.8 Å². The van der Waals surface area contributed by atoms with Crippen molar-refractivity contribution in [1.82, 2.24) is 25.7 Å². The number of para-hydroxylation sites is 1. The van der Waals surface area contributed by atoms with Crippen molar-refractivity contribution in [3.8, 4) is 16.9 Å². The van der Waals surface area contributed by atoms with Crippen LogP contribution in [-0.2, 0) is 16.1 Å². The van der Waals surface area contributed by atoms with Gasteiger partial charge >= 0.3 is 6.03 Å². The summed E-state index contributed by atoms with van der Waals surface area (Å²) in [7, 11) is 0. The van der Waals surface area contributed by atoms with Gasteiger partial charge in [-0.1, -0.05) is 18.2 Å². The van der Waals surface area contributed by atoms with E-state index in [1.54, 1.807) is 23.0 Å². The highest BCUT2D eigenvalue weighted by Gasteiger charge is 2.31. The molecule has 1 saturated heterocycles. The summed E-state index contributed by atoms with van der Waals surface area (Å²) in [6.07, 6.45) is 1.62. The first-order chi connectivity index (χ1) is 14.5. The van der Waals surface area contributed by atoms with Crippen LogP contribution in [-0.4, -0.2) is 33.7 Å². The first-order valence-corrected chi connectivity index (χ1v) is 9.27. The van der Waals surface area contributed by atoms with E-state index in [2.05, 4.69) is 21.0 Å². The van der Waals surface area contributed by atoms with Crippen LogP contribution >= 0.6 is 0 Å². The quantitative estimate of drug-likeness (QED) is 0.543. The van der Waals surface area contributed by atoms with Crippen molar-refractivity contribution in [2.45, 2.75) is 19.0 Å². The second-order valence-corrected chi connectivity index (χ2v) is 6.79. The van der Waals surface area contributed by atoms with Crippen molar-refractivity contribution in [3.63, 3.8) is 0 Å². The molecule has 30 heavy (non-hydrogen) atoms. The molecule has 3 aromatic rings. The second-order valence-electron chi connectivity index (χ2n) is 6.79. The number of urea groups is 1. The van der Waals surface area contributed by atoms with Crippen LogP contribution in [0.15, 0.2) is 60.8 Å². The van der Waals surface area contributed by atoms with Gasteiger partial charge in [0.15, 0.2) is 0 Å². The van der Waals surface area contributed by atoms with Crippen molar-refractivity contribution in [2.24, 2.45) is 0 Å². The van der Waals surface area contributed by atoms with Gasteiger partial charge in [0.1, 0.15) is 11.9 Å². The van der Waals surface area contributed by atoms with Gasteiger partial charge in [-0.2, -0.15) is 5.10 Å². The lowest BCUT2D eigenvalue weighted by Gasteiger charge is -2.08. The molecule has 1 aromatic heterocycles. The number of rotatable bonds is 6. The molecule has 9 heteroatoms. The first-order valence-electron chi connectivity index (χ1n) is 9.27. The summed E-state index contributed by atoms with van der Waals surface area (Å²) >= 11 is 0. The molecule has 8 nitrogen and oxygen atoms in total. The molecule has 0 radical (unpaired) electrons. The highest BCUT2D eigenvalue weighted by molar-refractivity contribution is 6.05. The third-order valence-corrected chi connectivity index (χ3v) is 4.65. The van der Waals surface area contributed by atoms with Crippen molar-refractivity contribution in [1.29, 1.82) is 0 Å². The summed E-state index contributed by atoms with van der Waals surface area (Å²) in [5.74, 6) is -1.28. The van der Waals surface area contributed by atoms with Crippen LogP contribution in [0.25, 0.3) is 16.9 Å². The van der Waals surface area contributed by atoms with Crippen molar-refractivity contribution < 1.29 is 18.8 Å². The molecule has 152 valence electrons. The van der Waals surface area contributed by atoms with Gasteiger partial charge in [0.05, 0.1) is 17.8 Å². The summed E-state index contributed by atoms with van der Waals surface area (Å²) in [5.41, 5.74) is 2.87. The van der Waals surface area contributed by atoms with Crippen LogP contribution in [0, 0.1) is 5.82 Å². The molecule has 4 rings (SSSR count). The lowest BCUT2D eigenvalue weighted by molar-refractivity contribution is -0.126. The number of aromatic nitrogens is 2. The molecule has 0 unspecified atom stereocenters. The van der Waals surface area contributed by atoms with Gasteiger partial charge in [0.2, 0.25) is 5.91 Å². The van der Waals surface area contributed by atoms with Gasteiger partial charge in [0.25, 0.3) is 5.91 Å². The zero-order chi connectivity index (χ0) is 21.1. The largest absolute Gasteiger partial charge is 0.352 e. The van der Waals surface area contributed by atoms with Crippen LogP contribution in [0.3, 0.4) is 0 Å². The predicted octanol–water partition coefficient (Wildman–Crippen LogP) is 1.89. The number of nitrogens with zero attached hydrogens (tertiary/aromatic N) is 2. The van der Waals surface area contributed by atoms with Crippen molar-refractivity contribution in [3.05, 3.63) is 72.2 Å². The third kappa shape index (κ3) is 4.19. The Balaban J connectivity index is 1.54. The van der Waals surface area contributed by atoms with Gasteiger partial charge in [-0.25, -0.2) is 13.9 Å². The molecule has 1 atom stereocenters. The fourth-order valence-electron chi connectivity index (χ4n) is 3.16. The monoisotopic (exact) mass is 407 g/mol. The van der Waals surface area contributed by atoms with E-state index in [9.17, 15) is 18.8 Å². The molecule has 2 heterocycles. The molecule has 1 fully saturated rings. The van der Waals surface area contributed by atoms with Gasteiger partial charge in [-0.05, 0) is 36.4 Å². The normalized spacial score (nSPS) is 15.6. The number of imide groups is 1. The number of benzene rings is 2. The standard InChI is InChI=1S/C21H18FN5O3/c22-15-8-6-13(7-9-15)19-14(12-27(26-19)16-4-2-1-3-5-16)11-23-18(28)10-17-20(29)25-21(30)24-17/h1-9,12,17H,10-11H2,(H,23,28)(H2,24,25,29,30)/t17-/m1/s1. The number of amides is 4. The van der Waals surface area contributed by atoms with Crippen LogP contribution in [0.2, 0.25) is 0 Å². The lowest BCUT2D eigenvalue weighted by Crippen LogP contribution is -2.36. The number of hydrogen-bond donors (Lipinski definition) is 3. The maximum atomic E-state index is 13.3. The average Bonchev–Trinajstić information content (AvgIpc) is 3.30. The molecule has 0 aliphatic carbocycles. The maximum Gasteiger partial charge on any atom is 0.322 e. The van der Waals surface area contributed by atoms with E-state index in [0.717, 1.165) is 11.3 Å². The molecule has 3 N–H and O–H groups in total. The van der Waals surface area contributed by atoms with E-state index in [1.807, 2.05) is 30.3 Å². The molecule has 0 spiro atoms. The number of halogens is 1. The first kappa shape index (κ1) is 19.3. The second kappa shape index (κ2) is 8.16. The van der Waals surface area contributed by atoms with Crippen molar-refractivity contribution >= 4 is 17.8 Å². The summed E-state index contributed by atoms with van der Waals surface area (Å²) in [6.45, 7) is 0.153. The molecule has 1 aliphatic rings. The predicted molar refractivity (Wildman–Crippen MR) is 106 cm³/mol. The molecule has 4 amide bonds. The summed E-state index contributed by atoms with van der Waals surface area (Å²) in [5, 5.41) is 11.8. The fourth-order valence-corrected chi connectivity index (χ4v) is 3.16. The van der Waals surface area contributed by atoms with Crippen LogP contribution < -0.4 is 16.0 Å². The zero-order valence-electron chi connectivity index (χ0n) is 15.8. The smallest absolute Gasteiger partial charge is 0.322 e. The topological polar surface area (TPSA) is 105 Å². The molecular weight excluding hydrogens is 389 g/mol. The minimum Gasteiger partial charge on any atom is -0.352 e. The summed E-state index contributed by atoms with van der Waals surface area (Å²) in [4.78, 5) is 35.1. The molecule has 2 aromatic carbocycles. The van der Waals surface area contributed by atoms with E-state index in [4.69, 9.17) is 0 Å². The van der Waals surface area contributed by atoms with Gasteiger partial charge < -0.3 is 10.6 Å². The summed E-state index contributed by atoms with van der Waals surface area (Å²) in [6, 6.07) is 13.9. The highest BCUT2D eigenvalue weighted by Crippen LogP contribution is 2.24. The van der Waals surface area contributed by atoms with Gasteiger partial charge in [0, 0.05) is 23.9 Å². The zero-order valence-corrected chi connectivity index (χ0v) is 15.8. The number of nitrogens with one attached hydrogen (secondary N) is 3. The van der Waals surface area contributed by atoms with E-state index in [1.165, 1.54) is 12.1 Å². The van der Waals surface area contributed by atoms with E-state index < -0.39 is 23.9 Å². The Morgan fingerprint density at radius 1 is 1.10 bits per heavy atom. The highest BCUT2D eigenvalue weighted by atomic mass is 19.1. The molecule has 0 bridgehead atoms. The van der Waals surface area contributed by atoms with Gasteiger partial charge in [-0.3, -0.25) is 14.9 Å². The Bertz CT molecular complexity index is 1100. The van der Waals surface area contributed by atoms with E-state index in [0.29, 0.717) is 11.3 Å². The van der Waals surface area contributed by atoms with Crippen molar-refractivity contribution in [2.75, 3.05) is 0 Å². The minimum absolute atomic E-state index is 0.153. The Morgan fingerprint density at radius 2 is 1.83 bits per heavy atom. The Morgan fingerprint density at radius 3 is 2.50 bits per heavy atom. The summed E-state index contributed by atoms with van der Waals surface area (Å²) < 4.78 is 15.0. The molecular formula is C21H18FN5O3. The molecule has 0 saturated carbocycles. The van der Waals surface area contributed by atoms with Crippen LogP contribution in [0.4, 0.5) is 9.18 Å². The maximum absolute atomic E-state index is 13.3.